The normalized spacial score (nSPS) is 39.9. The summed E-state index contributed by atoms with van der Waals surface area (Å²) in [7, 11) is 0. The van der Waals surface area contributed by atoms with E-state index in [1.54, 1.807) is 11.0 Å². The van der Waals surface area contributed by atoms with Crippen LogP contribution in [0.2, 0.25) is 0 Å². The minimum atomic E-state index is -0.737. The van der Waals surface area contributed by atoms with Gasteiger partial charge in [0.15, 0.2) is 5.79 Å². The zero-order valence-corrected chi connectivity index (χ0v) is 18.0. The van der Waals surface area contributed by atoms with Crippen LogP contribution in [0.4, 0.5) is 4.79 Å². The molecule has 8 nitrogen and oxygen atoms in total. The molecular formula is C21H33NO7. The summed E-state index contributed by atoms with van der Waals surface area (Å²) >= 11 is 0. The fourth-order valence-electron chi connectivity index (χ4n) is 4.46. The van der Waals surface area contributed by atoms with Gasteiger partial charge in [0.2, 0.25) is 0 Å². The van der Waals surface area contributed by atoms with E-state index in [1.807, 2.05) is 34.6 Å². The first-order chi connectivity index (χ1) is 13.5. The van der Waals surface area contributed by atoms with Crippen LogP contribution in [-0.4, -0.2) is 78.4 Å². The second kappa shape index (κ2) is 7.20. The molecule has 29 heavy (non-hydrogen) atoms. The lowest BCUT2D eigenvalue weighted by Gasteiger charge is -2.35. The highest BCUT2D eigenvalue weighted by molar-refractivity contribution is 5.69. The maximum absolute atomic E-state index is 12.7. The molecule has 0 radical (unpaired) electrons. The predicted molar refractivity (Wildman–Crippen MR) is 103 cm³/mol. The van der Waals surface area contributed by atoms with E-state index in [-0.39, 0.29) is 30.5 Å². The van der Waals surface area contributed by atoms with Gasteiger partial charge < -0.3 is 28.4 Å². The van der Waals surface area contributed by atoms with Crippen LogP contribution in [0.3, 0.4) is 0 Å². The molecule has 6 atom stereocenters. The molecule has 1 amide bonds. The van der Waals surface area contributed by atoms with Gasteiger partial charge >= 0.3 is 6.09 Å². The first kappa shape index (κ1) is 21.1. The molecule has 0 aromatic heterocycles. The van der Waals surface area contributed by atoms with E-state index in [9.17, 15) is 4.79 Å². The van der Waals surface area contributed by atoms with Gasteiger partial charge in [0.1, 0.15) is 29.6 Å². The molecule has 164 valence electrons. The van der Waals surface area contributed by atoms with Crippen molar-refractivity contribution in [2.75, 3.05) is 19.8 Å². The monoisotopic (exact) mass is 411 g/mol. The van der Waals surface area contributed by atoms with Gasteiger partial charge in [-0.1, -0.05) is 6.08 Å². The molecule has 2 bridgehead atoms. The van der Waals surface area contributed by atoms with Crippen molar-refractivity contribution in [2.45, 2.75) is 95.0 Å². The Balaban J connectivity index is 1.30. The second-order valence-electron chi connectivity index (χ2n) is 9.74. The van der Waals surface area contributed by atoms with E-state index >= 15 is 0 Å². The SMILES string of the molecule is C=C[C@H]1O[C@]2(CCOC[C@H]3COC(C)(C)N3C(=O)OC(C)(C)C)C[C@H]3O[C@H]3[C@H]1O2. The third-order valence-electron chi connectivity index (χ3n) is 5.82. The average Bonchev–Trinajstić information content (AvgIpc) is 3.21. The van der Waals surface area contributed by atoms with Crippen molar-refractivity contribution in [1.82, 2.24) is 4.90 Å². The third-order valence-corrected chi connectivity index (χ3v) is 5.82. The lowest BCUT2D eigenvalue weighted by Crippen LogP contribution is -2.51. The van der Waals surface area contributed by atoms with Crippen molar-refractivity contribution < 1.29 is 33.2 Å². The third kappa shape index (κ3) is 4.18. The molecule has 8 heteroatoms. The first-order valence-corrected chi connectivity index (χ1v) is 10.4. The van der Waals surface area contributed by atoms with Crippen molar-refractivity contribution in [3.05, 3.63) is 12.7 Å². The van der Waals surface area contributed by atoms with Gasteiger partial charge in [-0.15, -0.1) is 6.58 Å². The Morgan fingerprint density at radius 2 is 2.03 bits per heavy atom. The van der Waals surface area contributed by atoms with Crippen molar-refractivity contribution in [3.63, 3.8) is 0 Å². The zero-order valence-electron chi connectivity index (χ0n) is 18.0. The van der Waals surface area contributed by atoms with Gasteiger partial charge in [0.25, 0.3) is 0 Å². The summed E-state index contributed by atoms with van der Waals surface area (Å²) in [5, 5.41) is 0. The van der Waals surface area contributed by atoms with Gasteiger partial charge in [0, 0.05) is 12.8 Å². The Kier molecular flexibility index (Phi) is 5.23. The number of hydrogen-bond donors (Lipinski definition) is 0. The quantitative estimate of drug-likeness (QED) is 0.378. The minimum Gasteiger partial charge on any atom is -0.444 e. The molecule has 0 spiro atoms. The van der Waals surface area contributed by atoms with Crippen molar-refractivity contribution >= 4 is 6.09 Å². The van der Waals surface area contributed by atoms with Gasteiger partial charge in [-0.25, -0.2) is 4.79 Å². The first-order valence-electron chi connectivity index (χ1n) is 10.4. The largest absolute Gasteiger partial charge is 0.444 e. The van der Waals surface area contributed by atoms with Gasteiger partial charge in [-0.05, 0) is 34.6 Å². The molecule has 4 aliphatic rings. The highest BCUT2D eigenvalue weighted by atomic mass is 16.8. The van der Waals surface area contributed by atoms with E-state index in [4.69, 9.17) is 28.4 Å². The fourth-order valence-corrected chi connectivity index (χ4v) is 4.46. The topological polar surface area (TPSA) is 79.0 Å². The Morgan fingerprint density at radius 1 is 1.28 bits per heavy atom. The van der Waals surface area contributed by atoms with Crippen LogP contribution in [0, 0.1) is 0 Å². The van der Waals surface area contributed by atoms with Gasteiger partial charge in [-0.2, -0.15) is 0 Å². The number of fused-ring (bicyclic) bond motifs is 4. The lowest BCUT2D eigenvalue weighted by molar-refractivity contribution is -0.196. The average molecular weight is 411 g/mol. The maximum atomic E-state index is 12.7. The van der Waals surface area contributed by atoms with Crippen LogP contribution >= 0.6 is 0 Å². The van der Waals surface area contributed by atoms with Crippen molar-refractivity contribution in [3.8, 4) is 0 Å². The number of carbonyl (C=O) groups is 1. The number of hydrogen-bond acceptors (Lipinski definition) is 7. The molecular weight excluding hydrogens is 378 g/mol. The van der Waals surface area contributed by atoms with E-state index in [2.05, 4.69) is 6.58 Å². The molecule has 0 aromatic carbocycles. The van der Waals surface area contributed by atoms with Crippen LogP contribution in [-0.2, 0) is 28.4 Å². The van der Waals surface area contributed by atoms with Crippen LogP contribution in [0.15, 0.2) is 12.7 Å². The highest BCUT2D eigenvalue weighted by Crippen LogP contribution is 2.51. The summed E-state index contributed by atoms with van der Waals surface area (Å²) in [6, 6.07) is -0.209. The number of nitrogens with zero attached hydrogens (tertiary/aromatic N) is 1. The van der Waals surface area contributed by atoms with Crippen molar-refractivity contribution in [1.29, 1.82) is 0 Å². The summed E-state index contributed by atoms with van der Waals surface area (Å²) in [4.78, 5) is 14.3. The number of carbonyl (C=O) groups excluding carboxylic acids is 1. The summed E-state index contributed by atoms with van der Waals surface area (Å²) in [6.07, 6.45) is 2.84. The highest BCUT2D eigenvalue weighted by Gasteiger charge is 2.64. The lowest BCUT2D eigenvalue weighted by atomic mass is 10.00. The summed E-state index contributed by atoms with van der Waals surface area (Å²) in [5.74, 6) is -0.669. The molecule has 0 unspecified atom stereocenters. The molecule has 4 rings (SSSR count). The summed E-state index contributed by atoms with van der Waals surface area (Å²) in [6.45, 7) is 14.3. The van der Waals surface area contributed by atoms with E-state index < -0.39 is 23.2 Å². The Hall–Kier alpha value is -1.19. The van der Waals surface area contributed by atoms with Crippen LogP contribution in [0.5, 0.6) is 0 Å². The Labute approximate surface area is 172 Å². The van der Waals surface area contributed by atoms with E-state index in [0.29, 0.717) is 32.7 Å². The van der Waals surface area contributed by atoms with Crippen molar-refractivity contribution in [2.24, 2.45) is 0 Å². The van der Waals surface area contributed by atoms with Crippen LogP contribution < -0.4 is 0 Å². The fraction of sp³-hybridized carbons (Fsp3) is 0.857. The van der Waals surface area contributed by atoms with Gasteiger partial charge in [0.05, 0.1) is 32.0 Å². The number of epoxide rings is 1. The van der Waals surface area contributed by atoms with E-state index in [0.717, 1.165) is 0 Å². The van der Waals surface area contributed by atoms with Crippen LogP contribution in [0.25, 0.3) is 0 Å². The number of rotatable bonds is 6. The summed E-state index contributed by atoms with van der Waals surface area (Å²) < 4.78 is 35.3. The molecule has 0 saturated carbocycles. The number of ether oxygens (including phenoxy) is 6. The molecule has 0 aromatic rings. The van der Waals surface area contributed by atoms with Crippen LogP contribution in [0.1, 0.15) is 47.5 Å². The zero-order chi connectivity index (χ0) is 21.0. The molecule has 4 saturated heterocycles. The molecule has 0 aliphatic carbocycles. The maximum Gasteiger partial charge on any atom is 0.412 e. The van der Waals surface area contributed by atoms with Gasteiger partial charge in [-0.3, -0.25) is 4.90 Å². The summed E-state index contributed by atoms with van der Waals surface area (Å²) in [5.41, 5.74) is -1.31. The van der Waals surface area contributed by atoms with E-state index in [1.165, 1.54) is 0 Å². The standard InChI is InChI=1S/C21H33NO7/c1-7-14-17-16-15(26-16)10-21(27-14,28-17)8-9-24-11-13-12-25-20(5,6)22(13)18(23)29-19(2,3)4/h7,13-17H,1,8-12H2,2-6H3/t13-,14+,15+,16+,17-,21-/m0/s1. The minimum absolute atomic E-state index is 0.0714. The molecule has 4 aliphatic heterocycles. The second-order valence-corrected chi connectivity index (χ2v) is 9.74. The molecule has 0 N–H and O–H groups in total. The molecule has 4 fully saturated rings. The Morgan fingerprint density at radius 3 is 2.72 bits per heavy atom. The number of amides is 1. The predicted octanol–water partition coefficient (Wildman–Crippen LogP) is 2.60. The Bertz CT molecular complexity index is 660. The molecule has 4 heterocycles. The smallest absolute Gasteiger partial charge is 0.412 e.